The third-order valence-electron chi connectivity index (χ3n) is 4.96. The molecule has 0 aliphatic carbocycles. The van der Waals surface area contributed by atoms with Crippen LogP contribution >= 0.6 is 0 Å². The van der Waals surface area contributed by atoms with E-state index >= 15 is 0 Å². The number of hydrogen-bond donors (Lipinski definition) is 3. The molecule has 0 saturated carbocycles. The maximum atomic E-state index is 12.3. The molecule has 158 valence electrons. The lowest BCUT2D eigenvalue weighted by Crippen LogP contribution is -2.28. The Kier molecular flexibility index (Phi) is 7.01. The number of urea groups is 1. The van der Waals surface area contributed by atoms with Gasteiger partial charge in [-0.1, -0.05) is 30.3 Å². The number of benzene rings is 2. The van der Waals surface area contributed by atoms with Gasteiger partial charge in [0.2, 0.25) is 6.41 Å². The van der Waals surface area contributed by atoms with Crippen LogP contribution in [0.4, 0.5) is 10.5 Å². The van der Waals surface area contributed by atoms with Crippen molar-refractivity contribution in [3.05, 3.63) is 84.2 Å². The van der Waals surface area contributed by atoms with E-state index in [-0.39, 0.29) is 12.4 Å². The number of aryl methyl sites for hydroxylation is 2. The average molecular weight is 415 g/mol. The summed E-state index contributed by atoms with van der Waals surface area (Å²) < 4.78 is 2.20. The van der Waals surface area contributed by atoms with E-state index in [0.717, 1.165) is 22.2 Å². The SMILES string of the molecule is Cc1c(-c2ccccc2)n(C)c2ccc(NC(=O)NCc3ccncc3)cc12.NC=O. The van der Waals surface area contributed by atoms with Crippen LogP contribution in [-0.4, -0.2) is 22.0 Å². The predicted octanol–water partition coefficient (Wildman–Crippen LogP) is 3.97. The Hall–Kier alpha value is -4.13. The molecule has 3 amide bonds. The quantitative estimate of drug-likeness (QED) is 0.440. The summed E-state index contributed by atoms with van der Waals surface area (Å²) >= 11 is 0. The number of primary amides is 1. The third-order valence-corrected chi connectivity index (χ3v) is 4.96. The van der Waals surface area contributed by atoms with Crippen molar-refractivity contribution in [3.63, 3.8) is 0 Å². The van der Waals surface area contributed by atoms with Gasteiger partial charge in [0, 0.05) is 42.6 Å². The van der Waals surface area contributed by atoms with E-state index in [0.29, 0.717) is 6.54 Å². The number of carbonyl (C=O) groups excluding carboxylic acids is 2. The molecular weight excluding hydrogens is 390 g/mol. The number of nitrogens with two attached hydrogens (primary N) is 1. The number of amides is 3. The number of aromatic nitrogens is 2. The first-order chi connectivity index (χ1) is 15.0. The van der Waals surface area contributed by atoms with E-state index in [1.165, 1.54) is 16.8 Å². The molecule has 0 atom stereocenters. The van der Waals surface area contributed by atoms with Gasteiger partial charge >= 0.3 is 6.03 Å². The molecule has 2 heterocycles. The number of anilines is 1. The van der Waals surface area contributed by atoms with E-state index in [1.807, 2.05) is 48.5 Å². The van der Waals surface area contributed by atoms with Gasteiger partial charge in [-0.2, -0.15) is 0 Å². The van der Waals surface area contributed by atoms with Gasteiger partial charge in [-0.3, -0.25) is 9.78 Å². The minimum atomic E-state index is -0.229. The Morgan fingerprint density at radius 1 is 1.10 bits per heavy atom. The van der Waals surface area contributed by atoms with Crippen molar-refractivity contribution in [1.29, 1.82) is 0 Å². The largest absolute Gasteiger partial charge is 0.372 e. The highest BCUT2D eigenvalue weighted by Gasteiger charge is 2.14. The molecule has 4 N–H and O–H groups in total. The molecule has 0 aliphatic rings. The fourth-order valence-electron chi connectivity index (χ4n) is 3.57. The molecule has 7 heteroatoms. The molecule has 0 saturated heterocycles. The molecule has 0 bridgehead atoms. The summed E-state index contributed by atoms with van der Waals surface area (Å²) in [6.45, 7) is 2.58. The fraction of sp³-hybridized carbons (Fsp3) is 0.125. The van der Waals surface area contributed by atoms with Crippen LogP contribution in [-0.2, 0) is 18.4 Å². The van der Waals surface area contributed by atoms with Crippen LogP contribution in [0.2, 0.25) is 0 Å². The van der Waals surface area contributed by atoms with Crippen LogP contribution in [0.15, 0.2) is 73.1 Å². The van der Waals surface area contributed by atoms with Gasteiger partial charge in [0.1, 0.15) is 0 Å². The summed E-state index contributed by atoms with van der Waals surface area (Å²) in [5.41, 5.74) is 10.7. The number of pyridine rings is 1. The standard InChI is InChI=1S/C23H22N4O.CH3NO/c1-16-20-14-19(26-23(28)25-15-17-10-12-24-13-11-17)8-9-21(20)27(2)22(16)18-6-4-3-5-7-18;2-1-3/h3-14H,15H2,1-2H3,(H2,25,26,28);1H,(H2,2,3). The lowest BCUT2D eigenvalue weighted by Gasteiger charge is -2.08. The van der Waals surface area contributed by atoms with Gasteiger partial charge in [-0.25, -0.2) is 4.79 Å². The van der Waals surface area contributed by atoms with Crippen molar-refractivity contribution in [2.24, 2.45) is 12.8 Å². The summed E-state index contributed by atoms with van der Waals surface area (Å²) in [5.74, 6) is 0. The van der Waals surface area contributed by atoms with E-state index in [4.69, 9.17) is 4.79 Å². The molecule has 2 aromatic carbocycles. The van der Waals surface area contributed by atoms with Crippen LogP contribution < -0.4 is 16.4 Å². The summed E-state index contributed by atoms with van der Waals surface area (Å²) in [6.07, 6.45) is 3.68. The molecule has 0 fully saturated rings. The van der Waals surface area contributed by atoms with E-state index < -0.39 is 0 Å². The Labute approximate surface area is 180 Å². The first kappa shape index (κ1) is 21.6. The minimum absolute atomic E-state index is 0.229. The van der Waals surface area contributed by atoms with Crippen LogP contribution in [0.3, 0.4) is 0 Å². The summed E-state index contributed by atoms with van der Waals surface area (Å²) in [4.78, 5) is 24.8. The van der Waals surface area contributed by atoms with Crippen LogP contribution in [0.25, 0.3) is 22.2 Å². The zero-order valence-corrected chi connectivity index (χ0v) is 17.5. The van der Waals surface area contributed by atoms with Crippen molar-refractivity contribution in [1.82, 2.24) is 14.9 Å². The second-order valence-corrected chi connectivity index (χ2v) is 6.93. The summed E-state index contributed by atoms with van der Waals surface area (Å²) in [6, 6.07) is 19.9. The molecular formula is C24H25N5O2. The highest BCUT2D eigenvalue weighted by atomic mass is 16.2. The second-order valence-electron chi connectivity index (χ2n) is 6.93. The van der Waals surface area contributed by atoms with Gasteiger partial charge in [-0.05, 0) is 53.9 Å². The minimum Gasteiger partial charge on any atom is -0.372 e. The Morgan fingerprint density at radius 3 is 2.45 bits per heavy atom. The number of carbonyl (C=O) groups is 2. The lowest BCUT2D eigenvalue weighted by molar-refractivity contribution is -0.106. The van der Waals surface area contributed by atoms with Gasteiger partial charge in [-0.15, -0.1) is 0 Å². The van der Waals surface area contributed by atoms with Gasteiger partial charge in [0.05, 0.1) is 5.69 Å². The molecule has 7 nitrogen and oxygen atoms in total. The molecule has 0 aliphatic heterocycles. The molecule has 31 heavy (non-hydrogen) atoms. The summed E-state index contributed by atoms with van der Waals surface area (Å²) in [5, 5.41) is 6.93. The Bertz CT molecular complexity index is 1170. The van der Waals surface area contributed by atoms with Crippen molar-refractivity contribution in [3.8, 4) is 11.3 Å². The van der Waals surface area contributed by atoms with Crippen molar-refractivity contribution >= 4 is 29.0 Å². The number of nitrogens with one attached hydrogen (secondary N) is 2. The Balaban J connectivity index is 0.000000858. The van der Waals surface area contributed by atoms with Gasteiger partial charge in [0.15, 0.2) is 0 Å². The van der Waals surface area contributed by atoms with E-state index in [9.17, 15) is 4.79 Å². The monoisotopic (exact) mass is 415 g/mol. The number of rotatable bonds is 4. The van der Waals surface area contributed by atoms with Crippen LogP contribution in [0.5, 0.6) is 0 Å². The second kappa shape index (κ2) is 10.1. The average Bonchev–Trinajstić information content (AvgIpc) is 3.04. The molecule has 4 aromatic rings. The topological polar surface area (TPSA) is 102 Å². The number of hydrogen-bond acceptors (Lipinski definition) is 3. The fourth-order valence-corrected chi connectivity index (χ4v) is 3.57. The highest BCUT2D eigenvalue weighted by molar-refractivity contribution is 5.97. The molecule has 0 radical (unpaired) electrons. The number of nitrogens with zero attached hydrogens (tertiary/aromatic N) is 2. The highest BCUT2D eigenvalue weighted by Crippen LogP contribution is 2.33. The maximum Gasteiger partial charge on any atom is 0.319 e. The van der Waals surface area contributed by atoms with Crippen molar-refractivity contribution in [2.75, 3.05) is 5.32 Å². The van der Waals surface area contributed by atoms with Crippen molar-refractivity contribution < 1.29 is 9.59 Å². The van der Waals surface area contributed by atoms with E-state index in [1.54, 1.807) is 12.4 Å². The Morgan fingerprint density at radius 2 is 1.77 bits per heavy atom. The third kappa shape index (κ3) is 5.08. The molecule has 0 spiro atoms. The molecule has 4 rings (SSSR count). The van der Waals surface area contributed by atoms with Gasteiger partial charge < -0.3 is 20.9 Å². The van der Waals surface area contributed by atoms with Gasteiger partial charge in [0.25, 0.3) is 0 Å². The maximum absolute atomic E-state index is 12.3. The number of fused-ring (bicyclic) bond motifs is 1. The summed E-state index contributed by atoms with van der Waals surface area (Å²) in [7, 11) is 2.08. The first-order valence-corrected chi connectivity index (χ1v) is 9.78. The smallest absolute Gasteiger partial charge is 0.319 e. The molecule has 0 unspecified atom stereocenters. The van der Waals surface area contributed by atoms with E-state index in [2.05, 4.69) is 52.0 Å². The van der Waals surface area contributed by atoms with Crippen molar-refractivity contribution in [2.45, 2.75) is 13.5 Å². The zero-order valence-electron chi connectivity index (χ0n) is 17.5. The first-order valence-electron chi connectivity index (χ1n) is 9.78. The zero-order chi connectivity index (χ0) is 22.2. The molecule has 2 aromatic heterocycles. The lowest BCUT2D eigenvalue weighted by atomic mass is 10.1. The van der Waals surface area contributed by atoms with Crippen LogP contribution in [0, 0.1) is 6.92 Å². The predicted molar refractivity (Wildman–Crippen MR) is 123 cm³/mol. The van der Waals surface area contributed by atoms with Crippen LogP contribution in [0.1, 0.15) is 11.1 Å². The normalized spacial score (nSPS) is 10.1.